The Labute approximate surface area is 127 Å². The number of guanidine groups is 1. The Hall–Kier alpha value is -1.33. The maximum Gasteiger partial charge on any atom is 0.193 e. The average molecular weight is 309 g/mol. The van der Waals surface area contributed by atoms with Gasteiger partial charge in [0.1, 0.15) is 5.01 Å². The number of aliphatic imine (C=N–C) groups is 1. The Morgan fingerprint density at radius 2 is 2.25 bits per heavy atom. The van der Waals surface area contributed by atoms with Crippen LogP contribution in [0.4, 0.5) is 0 Å². The third-order valence-electron chi connectivity index (χ3n) is 3.41. The highest BCUT2D eigenvalue weighted by atomic mass is 35.5. The highest BCUT2D eigenvalue weighted by Gasteiger charge is 2.15. The van der Waals surface area contributed by atoms with Crippen LogP contribution in [0, 0.1) is 0 Å². The van der Waals surface area contributed by atoms with E-state index in [2.05, 4.69) is 20.2 Å². The molecule has 0 amide bonds. The van der Waals surface area contributed by atoms with Gasteiger partial charge in [0.2, 0.25) is 0 Å². The summed E-state index contributed by atoms with van der Waals surface area (Å²) in [4.78, 5) is 11.2. The minimum atomic E-state index is 0.708. The second kappa shape index (κ2) is 5.97. The van der Waals surface area contributed by atoms with Gasteiger partial charge in [0.15, 0.2) is 5.96 Å². The Morgan fingerprint density at radius 3 is 3.00 bits per heavy atom. The summed E-state index contributed by atoms with van der Waals surface area (Å²) in [5.41, 5.74) is 0.968. The van der Waals surface area contributed by atoms with Crippen LogP contribution in [0.5, 0.6) is 0 Å². The third kappa shape index (κ3) is 2.88. The first-order valence-corrected chi connectivity index (χ1v) is 7.96. The molecule has 0 bridgehead atoms. The standard InChI is InChI=1S/C14H17ClN4S/c1-16-14(19-6-2-3-7-19)17-9-13-18-11-8-10(15)4-5-12(11)20-13/h4-5,8H,2-3,6-7,9H2,1H3,(H,16,17). The van der Waals surface area contributed by atoms with Gasteiger partial charge in [-0.05, 0) is 31.0 Å². The van der Waals surface area contributed by atoms with Gasteiger partial charge in [0.25, 0.3) is 0 Å². The molecule has 106 valence electrons. The zero-order chi connectivity index (χ0) is 13.9. The van der Waals surface area contributed by atoms with E-state index in [0.717, 1.165) is 34.6 Å². The largest absolute Gasteiger partial charge is 0.350 e. The smallest absolute Gasteiger partial charge is 0.193 e. The Kier molecular flexibility index (Phi) is 4.08. The fourth-order valence-corrected chi connectivity index (χ4v) is 3.49. The number of hydrogen-bond donors (Lipinski definition) is 1. The van der Waals surface area contributed by atoms with Gasteiger partial charge < -0.3 is 10.2 Å². The van der Waals surface area contributed by atoms with Gasteiger partial charge in [-0.2, -0.15) is 0 Å². The zero-order valence-electron chi connectivity index (χ0n) is 11.4. The molecule has 0 aliphatic carbocycles. The van der Waals surface area contributed by atoms with Crippen molar-refractivity contribution >= 4 is 39.1 Å². The van der Waals surface area contributed by atoms with Crippen LogP contribution in [-0.4, -0.2) is 36.0 Å². The van der Waals surface area contributed by atoms with E-state index >= 15 is 0 Å². The van der Waals surface area contributed by atoms with Crippen molar-refractivity contribution in [1.82, 2.24) is 15.2 Å². The second-order valence-electron chi connectivity index (χ2n) is 4.81. The van der Waals surface area contributed by atoms with E-state index in [-0.39, 0.29) is 0 Å². The van der Waals surface area contributed by atoms with Gasteiger partial charge in [-0.1, -0.05) is 11.6 Å². The van der Waals surface area contributed by atoms with Crippen LogP contribution in [0.3, 0.4) is 0 Å². The van der Waals surface area contributed by atoms with Crippen molar-refractivity contribution in [2.75, 3.05) is 20.1 Å². The van der Waals surface area contributed by atoms with E-state index in [1.54, 1.807) is 11.3 Å². The normalized spacial score (nSPS) is 16.1. The summed E-state index contributed by atoms with van der Waals surface area (Å²) >= 11 is 7.68. The highest BCUT2D eigenvalue weighted by molar-refractivity contribution is 7.18. The summed E-state index contributed by atoms with van der Waals surface area (Å²) in [6.07, 6.45) is 2.50. The first-order valence-electron chi connectivity index (χ1n) is 6.77. The first-order chi connectivity index (χ1) is 9.76. The maximum absolute atomic E-state index is 5.99. The van der Waals surface area contributed by atoms with Gasteiger partial charge >= 0.3 is 0 Å². The quantitative estimate of drug-likeness (QED) is 0.684. The molecule has 2 aromatic rings. The maximum atomic E-state index is 5.99. The number of fused-ring (bicyclic) bond motifs is 1. The molecule has 0 unspecified atom stereocenters. The number of benzene rings is 1. The molecule has 1 aliphatic heterocycles. The van der Waals surface area contributed by atoms with Crippen molar-refractivity contribution in [3.8, 4) is 0 Å². The number of thiazole rings is 1. The van der Waals surface area contributed by atoms with Crippen LogP contribution in [0.2, 0.25) is 5.02 Å². The summed E-state index contributed by atoms with van der Waals surface area (Å²) in [5, 5.41) is 5.18. The van der Waals surface area contributed by atoms with Crippen molar-refractivity contribution in [3.05, 3.63) is 28.2 Å². The second-order valence-corrected chi connectivity index (χ2v) is 6.37. The molecule has 0 spiro atoms. The van der Waals surface area contributed by atoms with E-state index in [1.165, 1.54) is 17.5 Å². The number of hydrogen-bond acceptors (Lipinski definition) is 3. The predicted octanol–water partition coefficient (Wildman–Crippen LogP) is 3.12. The fraction of sp³-hybridized carbons (Fsp3) is 0.429. The number of likely N-dealkylation sites (tertiary alicyclic amines) is 1. The first kappa shape index (κ1) is 13.6. The Morgan fingerprint density at radius 1 is 1.45 bits per heavy atom. The molecule has 1 aliphatic rings. The van der Waals surface area contributed by atoms with E-state index in [1.807, 2.05) is 25.2 Å². The molecule has 2 heterocycles. The third-order valence-corrected chi connectivity index (χ3v) is 4.68. The van der Waals surface area contributed by atoms with Crippen molar-refractivity contribution in [2.45, 2.75) is 19.4 Å². The van der Waals surface area contributed by atoms with Gasteiger partial charge in [0.05, 0.1) is 16.8 Å². The highest BCUT2D eigenvalue weighted by Crippen LogP contribution is 2.24. The molecular weight excluding hydrogens is 292 g/mol. The molecule has 1 fully saturated rings. The molecule has 4 nitrogen and oxygen atoms in total. The molecule has 1 aromatic heterocycles. The number of rotatable bonds is 2. The monoisotopic (exact) mass is 308 g/mol. The minimum absolute atomic E-state index is 0.708. The van der Waals surface area contributed by atoms with Crippen LogP contribution in [0.25, 0.3) is 10.2 Å². The fourth-order valence-electron chi connectivity index (χ4n) is 2.44. The van der Waals surface area contributed by atoms with E-state index in [9.17, 15) is 0 Å². The van der Waals surface area contributed by atoms with Crippen LogP contribution < -0.4 is 5.32 Å². The van der Waals surface area contributed by atoms with Crippen LogP contribution >= 0.6 is 22.9 Å². The number of nitrogens with zero attached hydrogens (tertiary/aromatic N) is 3. The van der Waals surface area contributed by atoms with Crippen LogP contribution in [0.15, 0.2) is 23.2 Å². The topological polar surface area (TPSA) is 40.5 Å². The van der Waals surface area contributed by atoms with Crippen molar-refractivity contribution in [3.63, 3.8) is 0 Å². The molecule has 3 rings (SSSR count). The van der Waals surface area contributed by atoms with E-state index in [0.29, 0.717) is 6.54 Å². The number of aromatic nitrogens is 1. The molecule has 6 heteroatoms. The molecule has 0 saturated carbocycles. The van der Waals surface area contributed by atoms with E-state index < -0.39 is 0 Å². The molecule has 1 saturated heterocycles. The number of halogens is 1. The molecular formula is C14H17ClN4S. The van der Waals surface area contributed by atoms with Crippen LogP contribution in [0.1, 0.15) is 17.8 Å². The number of nitrogens with one attached hydrogen (secondary N) is 1. The molecule has 0 radical (unpaired) electrons. The van der Waals surface area contributed by atoms with Gasteiger partial charge in [-0.25, -0.2) is 4.98 Å². The summed E-state index contributed by atoms with van der Waals surface area (Å²) < 4.78 is 1.17. The minimum Gasteiger partial charge on any atom is -0.350 e. The van der Waals surface area contributed by atoms with Gasteiger partial charge in [0, 0.05) is 25.2 Å². The Balaban J connectivity index is 1.69. The van der Waals surface area contributed by atoms with Crippen molar-refractivity contribution in [2.24, 2.45) is 4.99 Å². The lowest BCUT2D eigenvalue weighted by atomic mass is 10.3. The Bertz CT molecular complexity index is 631. The predicted molar refractivity (Wildman–Crippen MR) is 85.6 cm³/mol. The van der Waals surface area contributed by atoms with Gasteiger partial charge in [-0.3, -0.25) is 4.99 Å². The molecule has 1 aromatic carbocycles. The summed E-state index contributed by atoms with van der Waals surface area (Å²) in [6, 6.07) is 5.84. The SMILES string of the molecule is CN=C(NCc1nc2cc(Cl)ccc2s1)N1CCCC1. The molecule has 0 atom stereocenters. The molecule has 1 N–H and O–H groups in total. The van der Waals surface area contributed by atoms with E-state index in [4.69, 9.17) is 11.6 Å². The summed E-state index contributed by atoms with van der Waals surface area (Å²) in [6.45, 7) is 2.89. The van der Waals surface area contributed by atoms with Crippen LogP contribution in [-0.2, 0) is 6.54 Å². The summed E-state index contributed by atoms with van der Waals surface area (Å²) in [7, 11) is 1.83. The van der Waals surface area contributed by atoms with Gasteiger partial charge in [-0.15, -0.1) is 11.3 Å². The lowest BCUT2D eigenvalue weighted by molar-refractivity contribution is 0.493. The molecule has 20 heavy (non-hydrogen) atoms. The summed E-state index contributed by atoms with van der Waals surface area (Å²) in [5.74, 6) is 0.972. The lowest BCUT2D eigenvalue weighted by Crippen LogP contribution is -2.39. The zero-order valence-corrected chi connectivity index (χ0v) is 13.0. The lowest BCUT2D eigenvalue weighted by Gasteiger charge is -2.20. The van der Waals surface area contributed by atoms with Crippen molar-refractivity contribution in [1.29, 1.82) is 0 Å². The average Bonchev–Trinajstić information content (AvgIpc) is 3.08. The van der Waals surface area contributed by atoms with Crippen molar-refractivity contribution < 1.29 is 0 Å².